The molecule has 0 spiro atoms. The summed E-state index contributed by atoms with van der Waals surface area (Å²) in [5.41, 5.74) is 3.53. The van der Waals surface area contributed by atoms with Gasteiger partial charge >= 0.3 is 0 Å². The number of methoxy groups -OCH3 is 1. The van der Waals surface area contributed by atoms with E-state index in [1.54, 1.807) is 43.5 Å². The molecule has 1 amide bonds. The maximum Gasteiger partial charge on any atom is 0.291 e. The van der Waals surface area contributed by atoms with Crippen molar-refractivity contribution in [2.24, 2.45) is 10.2 Å². The van der Waals surface area contributed by atoms with E-state index in [0.717, 1.165) is 16.6 Å². The third-order valence-electron chi connectivity index (χ3n) is 4.51. The molecule has 0 aliphatic carbocycles. The van der Waals surface area contributed by atoms with Crippen molar-refractivity contribution >= 4 is 33.9 Å². The molecule has 0 saturated carbocycles. The first-order chi connectivity index (χ1) is 14.1. The van der Waals surface area contributed by atoms with Crippen LogP contribution < -0.4 is 10.1 Å². The average Bonchev–Trinajstić information content (AvgIpc) is 3.10. The maximum atomic E-state index is 12.7. The number of fused-ring (bicyclic) bond motifs is 1. The van der Waals surface area contributed by atoms with Crippen LogP contribution in [0.5, 0.6) is 5.75 Å². The Morgan fingerprint density at radius 2 is 1.62 bits per heavy atom. The van der Waals surface area contributed by atoms with Crippen molar-refractivity contribution in [3.05, 3.63) is 84.1 Å². The Labute approximate surface area is 167 Å². The Morgan fingerprint density at radius 1 is 0.931 bits per heavy atom. The van der Waals surface area contributed by atoms with Gasteiger partial charge < -0.3 is 14.5 Å². The molecule has 0 atom stereocenters. The first-order valence-corrected chi connectivity index (χ1v) is 9.09. The van der Waals surface area contributed by atoms with Gasteiger partial charge in [-0.15, -0.1) is 0 Å². The molecular formula is C23H19N3O3. The van der Waals surface area contributed by atoms with E-state index in [0.29, 0.717) is 22.7 Å². The number of hydrogen-bond donors (Lipinski definition) is 1. The lowest BCUT2D eigenvalue weighted by Crippen LogP contribution is -2.11. The largest absolute Gasteiger partial charge is 0.497 e. The van der Waals surface area contributed by atoms with Gasteiger partial charge in [0.05, 0.1) is 18.5 Å². The molecular weight excluding hydrogens is 366 g/mol. The number of ether oxygens (including phenoxy) is 1. The molecule has 1 N–H and O–H groups in total. The highest BCUT2D eigenvalue weighted by atomic mass is 16.5. The lowest BCUT2D eigenvalue weighted by molar-refractivity contribution is 0.0998. The molecule has 1 heterocycles. The summed E-state index contributed by atoms with van der Waals surface area (Å²) in [7, 11) is 1.60. The molecule has 4 aromatic rings. The van der Waals surface area contributed by atoms with Gasteiger partial charge in [0.2, 0.25) is 0 Å². The first kappa shape index (κ1) is 18.4. The van der Waals surface area contributed by atoms with Crippen molar-refractivity contribution < 1.29 is 13.9 Å². The molecule has 6 heteroatoms. The fourth-order valence-electron chi connectivity index (χ4n) is 2.95. The summed E-state index contributed by atoms with van der Waals surface area (Å²) in [6.45, 7) is 1.85. The minimum absolute atomic E-state index is 0.279. The zero-order valence-electron chi connectivity index (χ0n) is 16.0. The van der Waals surface area contributed by atoms with Gasteiger partial charge in [0, 0.05) is 16.6 Å². The van der Waals surface area contributed by atoms with Crippen LogP contribution in [0.15, 0.2) is 87.4 Å². The van der Waals surface area contributed by atoms with Gasteiger partial charge in [0.1, 0.15) is 11.3 Å². The Morgan fingerprint density at radius 3 is 2.31 bits per heavy atom. The number of rotatable bonds is 5. The summed E-state index contributed by atoms with van der Waals surface area (Å²) in [4.78, 5) is 12.7. The number of carbonyl (C=O) groups excluding carboxylic acids is 1. The van der Waals surface area contributed by atoms with Crippen LogP contribution in [0, 0.1) is 6.92 Å². The maximum absolute atomic E-state index is 12.7. The molecule has 29 heavy (non-hydrogen) atoms. The molecule has 1 aromatic heterocycles. The number of anilines is 1. The van der Waals surface area contributed by atoms with E-state index in [9.17, 15) is 4.79 Å². The molecule has 6 nitrogen and oxygen atoms in total. The van der Waals surface area contributed by atoms with E-state index < -0.39 is 0 Å². The molecule has 0 aliphatic rings. The summed E-state index contributed by atoms with van der Waals surface area (Å²) < 4.78 is 11.0. The molecule has 0 unspecified atom stereocenters. The topological polar surface area (TPSA) is 76.2 Å². The Balaban J connectivity index is 1.49. The number of nitrogens with zero attached hydrogens (tertiary/aromatic N) is 2. The van der Waals surface area contributed by atoms with Crippen LogP contribution in [0.3, 0.4) is 0 Å². The fraction of sp³-hybridized carbons (Fsp3) is 0.0870. The molecule has 3 aromatic carbocycles. The summed E-state index contributed by atoms with van der Waals surface area (Å²) in [6, 6.07) is 22.1. The lowest BCUT2D eigenvalue weighted by Gasteiger charge is -2.04. The molecule has 0 bridgehead atoms. The van der Waals surface area contributed by atoms with Crippen molar-refractivity contribution in [1.82, 2.24) is 0 Å². The van der Waals surface area contributed by atoms with Gasteiger partial charge in [-0.1, -0.05) is 18.2 Å². The van der Waals surface area contributed by atoms with E-state index in [2.05, 4.69) is 15.5 Å². The van der Waals surface area contributed by atoms with Gasteiger partial charge in [-0.2, -0.15) is 10.2 Å². The number of amides is 1. The van der Waals surface area contributed by atoms with Crippen LogP contribution in [-0.2, 0) is 0 Å². The normalized spacial score (nSPS) is 11.1. The third kappa shape index (κ3) is 4.01. The predicted octanol–water partition coefficient (Wildman–Crippen LogP) is 6.42. The SMILES string of the molecule is COc1ccc2oc(C(=O)Nc3ccc(N=Nc4ccccc4)cc3)c(C)c2c1. The highest BCUT2D eigenvalue weighted by Gasteiger charge is 2.18. The zero-order chi connectivity index (χ0) is 20.2. The van der Waals surface area contributed by atoms with Crippen LogP contribution >= 0.6 is 0 Å². The zero-order valence-corrected chi connectivity index (χ0v) is 16.0. The monoisotopic (exact) mass is 385 g/mol. The first-order valence-electron chi connectivity index (χ1n) is 9.09. The fourth-order valence-corrected chi connectivity index (χ4v) is 2.95. The van der Waals surface area contributed by atoms with Crippen LogP contribution in [0.2, 0.25) is 0 Å². The molecule has 0 fully saturated rings. The Hall–Kier alpha value is -3.93. The van der Waals surface area contributed by atoms with Crippen molar-refractivity contribution in [1.29, 1.82) is 0 Å². The Bertz CT molecular complexity index is 1180. The van der Waals surface area contributed by atoms with Gasteiger partial charge in [-0.3, -0.25) is 4.79 Å². The summed E-state index contributed by atoms with van der Waals surface area (Å²) in [6.07, 6.45) is 0. The van der Waals surface area contributed by atoms with Crippen LogP contribution in [0.4, 0.5) is 17.1 Å². The summed E-state index contributed by atoms with van der Waals surface area (Å²) in [5, 5.41) is 12.1. The summed E-state index contributed by atoms with van der Waals surface area (Å²) >= 11 is 0. The van der Waals surface area contributed by atoms with Crippen molar-refractivity contribution in [3.63, 3.8) is 0 Å². The minimum Gasteiger partial charge on any atom is -0.497 e. The number of benzene rings is 3. The molecule has 4 rings (SSSR count). The van der Waals surface area contributed by atoms with Gasteiger partial charge in [0.25, 0.3) is 5.91 Å². The number of hydrogen-bond acceptors (Lipinski definition) is 5. The predicted molar refractivity (Wildman–Crippen MR) is 113 cm³/mol. The van der Waals surface area contributed by atoms with Crippen LogP contribution in [0.25, 0.3) is 11.0 Å². The number of aryl methyl sites for hydroxylation is 1. The second kappa shape index (κ2) is 7.98. The minimum atomic E-state index is -0.309. The number of furan rings is 1. The second-order valence-electron chi connectivity index (χ2n) is 6.45. The smallest absolute Gasteiger partial charge is 0.291 e. The van der Waals surface area contributed by atoms with E-state index in [1.165, 1.54) is 0 Å². The molecule has 0 aliphatic heterocycles. The number of azo groups is 1. The van der Waals surface area contributed by atoms with E-state index in [1.807, 2.05) is 43.3 Å². The van der Waals surface area contributed by atoms with E-state index in [-0.39, 0.29) is 11.7 Å². The van der Waals surface area contributed by atoms with Gasteiger partial charge in [-0.25, -0.2) is 0 Å². The average molecular weight is 385 g/mol. The molecule has 144 valence electrons. The standard InChI is InChI=1S/C23H19N3O3/c1-15-20-14-19(28-2)12-13-21(20)29-22(15)23(27)24-16-8-10-18(11-9-16)26-25-17-6-4-3-5-7-17/h3-14H,1-2H3,(H,24,27). The summed E-state index contributed by atoms with van der Waals surface area (Å²) in [5.74, 6) is 0.686. The second-order valence-corrected chi connectivity index (χ2v) is 6.45. The van der Waals surface area contributed by atoms with Crippen LogP contribution in [0.1, 0.15) is 16.1 Å². The lowest BCUT2D eigenvalue weighted by atomic mass is 10.1. The van der Waals surface area contributed by atoms with E-state index in [4.69, 9.17) is 9.15 Å². The van der Waals surface area contributed by atoms with Crippen molar-refractivity contribution in [2.45, 2.75) is 6.92 Å². The number of nitrogens with one attached hydrogen (secondary N) is 1. The Kier molecular flexibility index (Phi) is 5.07. The quantitative estimate of drug-likeness (QED) is 0.403. The van der Waals surface area contributed by atoms with Crippen molar-refractivity contribution in [3.8, 4) is 5.75 Å². The van der Waals surface area contributed by atoms with Gasteiger partial charge in [-0.05, 0) is 61.5 Å². The van der Waals surface area contributed by atoms with Gasteiger partial charge in [0.15, 0.2) is 5.76 Å². The highest BCUT2D eigenvalue weighted by Crippen LogP contribution is 2.29. The highest BCUT2D eigenvalue weighted by molar-refractivity contribution is 6.06. The number of carbonyl (C=O) groups is 1. The van der Waals surface area contributed by atoms with E-state index >= 15 is 0 Å². The molecule has 0 radical (unpaired) electrons. The van der Waals surface area contributed by atoms with Crippen LogP contribution in [-0.4, -0.2) is 13.0 Å². The third-order valence-corrected chi connectivity index (χ3v) is 4.51. The molecule has 0 saturated heterocycles. The van der Waals surface area contributed by atoms with Crippen molar-refractivity contribution in [2.75, 3.05) is 12.4 Å².